The Morgan fingerprint density at radius 1 is 1.11 bits per heavy atom. The summed E-state index contributed by atoms with van der Waals surface area (Å²) in [5, 5.41) is 2.46. The predicted octanol–water partition coefficient (Wildman–Crippen LogP) is 3.55. The van der Waals surface area contributed by atoms with Crippen LogP contribution in [0.1, 0.15) is 52.4 Å². The number of alkyl carbamates (subject to hydrolysis) is 1. The number of rotatable bonds is 5. The number of methoxy groups -OCH3 is 1. The summed E-state index contributed by atoms with van der Waals surface area (Å²) in [6, 6.07) is 14.2. The molecule has 2 fully saturated rings. The zero-order valence-corrected chi connectivity index (χ0v) is 22.0. The van der Waals surface area contributed by atoms with Crippen molar-refractivity contribution in [3.05, 3.63) is 48.3 Å². The summed E-state index contributed by atoms with van der Waals surface area (Å²) < 4.78 is 16.9. The third-order valence-corrected chi connectivity index (χ3v) is 7.73. The second-order valence-electron chi connectivity index (χ2n) is 10.7. The van der Waals surface area contributed by atoms with Gasteiger partial charge in [0.2, 0.25) is 5.91 Å². The van der Waals surface area contributed by atoms with Crippen molar-refractivity contribution in [2.75, 3.05) is 20.2 Å². The first-order valence-corrected chi connectivity index (χ1v) is 12.6. The van der Waals surface area contributed by atoms with Crippen molar-refractivity contribution in [2.24, 2.45) is 0 Å². The molecule has 2 aromatic carbocycles. The molecule has 3 heterocycles. The van der Waals surface area contributed by atoms with Gasteiger partial charge in [-0.05, 0) is 69.3 Å². The Balaban J connectivity index is 1.32. The van der Waals surface area contributed by atoms with Gasteiger partial charge in [0.25, 0.3) is 0 Å². The molecule has 194 valence electrons. The standard InChI is InChI=1S/C27H33BN4O5/c1-26(2)27(3,4)37-28(36-26)19-11-8-17(9-12-19)18-10-13-20-21(15-18)31-24(30-20)22-7-6-14-32(22)23(33)16-29-25(34)35-5/h8-13,15,22H,6-7,14,16H2,1-5H3,(H,29,34)(H,30,31). The first-order chi connectivity index (χ1) is 17.6. The fourth-order valence-corrected chi connectivity index (χ4v) is 4.85. The summed E-state index contributed by atoms with van der Waals surface area (Å²) in [5.41, 5.74) is 4.12. The summed E-state index contributed by atoms with van der Waals surface area (Å²) in [5.74, 6) is 0.600. The molecule has 5 rings (SSSR count). The number of benzene rings is 2. The van der Waals surface area contributed by atoms with Gasteiger partial charge in [-0.1, -0.05) is 30.3 Å². The molecule has 37 heavy (non-hydrogen) atoms. The highest BCUT2D eigenvalue weighted by atomic mass is 16.7. The molecule has 2 aliphatic heterocycles. The van der Waals surface area contributed by atoms with Gasteiger partial charge in [0.1, 0.15) is 12.4 Å². The van der Waals surface area contributed by atoms with Gasteiger partial charge in [-0.2, -0.15) is 0 Å². The molecule has 1 aromatic heterocycles. The Bertz CT molecular complexity index is 1300. The van der Waals surface area contributed by atoms with Gasteiger partial charge in [0.15, 0.2) is 0 Å². The number of aromatic nitrogens is 2. The highest BCUT2D eigenvalue weighted by Crippen LogP contribution is 2.37. The molecular formula is C27H33BN4O5. The van der Waals surface area contributed by atoms with E-state index in [1.165, 1.54) is 7.11 Å². The number of hydrogen-bond donors (Lipinski definition) is 2. The van der Waals surface area contributed by atoms with E-state index in [1.54, 1.807) is 4.90 Å². The summed E-state index contributed by atoms with van der Waals surface area (Å²) in [4.78, 5) is 34.0. The van der Waals surface area contributed by atoms with Crippen molar-refractivity contribution in [2.45, 2.75) is 57.8 Å². The summed E-state index contributed by atoms with van der Waals surface area (Å²) in [7, 11) is 0.881. The molecule has 2 aliphatic rings. The number of nitrogens with one attached hydrogen (secondary N) is 2. The highest BCUT2D eigenvalue weighted by molar-refractivity contribution is 6.62. The van der Waals surface area contributed by atoms with Crippen molar-refractivity contribution in [1.29, 1.82) is 0 Å². The molecule has 10 heteroatoms. The van der Waals surface area contributed by atoms with Crippen LogP contribution in [-0.2, 0) is 18.8 Å². The van der Waals surface area contributed by atoms with E-state index in [1.807, 2.05) is 18.2 Å². The molecule has 0 radical (unpaired) electrons. The summed E-state index contributed by atoms with van der Waals surface area (Å²) >= 11 is 0. The number of aromatic amines is 1. The van der Waals surface area contributed by atoms with Crippen molar-refractivity contribution in [1.82, 2.24) is 20.2 Å². The Hall–Kier alpha value is -3.37. The van der Waals surface area contributed by atoms with Crippen LogP contribution >= 0.6 is 0 Å². The lowest BCUT2D eigenvalue weighted by Crippen LogP contribution is -2.41. The van der Waals surface area contributed by atoms with E-state index in [0.29, 0.717) is 6.54 Å². The van der Waals surface area contributed by atoms with Crippen LogP contribution in [0.25, 0.3) is 22.2 Å². The minimum atomic E-state index is -0.621. The number of fused-ring (bicyclic) bond motifs is 1. The smallest absolute Gasteiger partial charge is 0.453 e. The van der Waals surface area contributed by atoms with E-state index in [2.05, 4.69) is 67.0 Å². The minimum Gasteiger partial charge on any atom is -0.453 e. The zero-order chi connectivity index (χ0) is 26.4. The maximum absolute atomic E-state index is 12.7. The maximum atomic E-state index is 12.7. The number of carbonyl (C=O) groups excluding carboxylic acids is 2. The normalized spacial score (nSPS) is 20.4. The largest absolute Gasteiger partial charge is 0.494 e. The van der Waals surface area contributed by atoms with Gasteiger partial charge in [-0.15, -0.1) is 0 Å². The second kappa shape index (κ2) is 9.50. The zero-order valence-electron chi connectivity index (χ0n) is 22.0. The Morgan fingerprint density at radius 2 is 1.78 bits per heavy atom. The Labute approximate surface area is 217 Å². The maximum Gasteiger partial charge on any atom is 0.494 e. The molecule has 1 unspecified atom stereocenters. The van der Waals surface area contributed by atoms with E-state index in [0.717, 1.165) is 46.3 Å². The first-order valence-electron chi connectivity index (χ1n) is 12.6. The lowest BCUT2D eigenvalue weighted by molar-refractivity contribution is -0.131. The number of carbonyl (C=O) groups is 2. The monoisotopic (exact) mass is 504 g/mol. The lowest BCUT2D eigenvalue weighted by Gasteiger charge is -2.32. The van der Waals surface area contributed by atoms with E-state index < -0.39 is 13.2 Å². The average Bonchev–Trinajstić information content (AvgIpc) is 3.57. The molecule has 0 saturated carbocycles. The number of ether oxygens (including phenoxy) is 1. The summed E-state index contributed by atoms with van der Waals surface area (Å²) in [6.45, 7) is 8.73. The lowest BCUT2D eigenvalue weighted by atomic mass is 9.78. The van der Waals surface area contributed by atoms with Crippen LogP contribution in [0, 0.1) is 0 Å². The van der Waals surface area contributed by atoms with Crippen LogP contribution in [0.3, 0.4) is 0 Å². The van der Waals surface area contributed by atoms with Gasteiger partial charge in [0.05, 0.1) is 35.4 Å². The van der Waals surface area contributed by atoms with E-state index in [-0.39, 0.29) is 29.7 Å². The second-order valence-corrected chi connectivity index (χ2v) is 10.7. The molecule has 1 atom stereocenters. The third kappa shape index (κ3) is 4.83. The van der Waals surface area contributed by atoms with Gasteiger partial charge >= 0.3 is 13.2 Å². The molecular weight excluding hydrogens is 471 g/mol. The number of likely N-dealkylation sites (tertiary alicyclic amines) is 1. The fraction of sp³-hybridized carbons (Fsp3) is 0.444. The fourth-order valence-electron chi connectivity index (χ4n) is 4.85. The molecule has 0 aliphatic carbocycles. The predicted molar refractivity (Wildman–Crippen MR) is 141 cm³/mol. The average molecular weight is 504 g/mol. The van der Waals surface area contributed by atoms with Crippen molar-refractivity contribution < 1.29 is 23.6 Å². The molecule has 9 nitrogen and oxygen atoms in total. The van der Waals surface area contributed by atoms with Crippen molar-refractivity contribution >= 4 is 35.6 Å². The SMILES string of the molecule is COC(=O)NCC(=O)N1CCCC1c1nc2ccc(-c3ccc(B4OC(C)(C)C(C)(C)O4)cc3)cc2[nH]1. The number of nitrogens with zero attached hydrogens (tertiary/aromatic N) is 2. The van der Waals surface area contributed by atoms with Gasteiger partial charge < -0.3 is 29.2 Å². The minimum absolute atomic E-state index is 0.102. The third-order valence-electron chi connectivity index (χ3n) is 7.73. The van der Waals surface area contributed by atoms with Crippen LogP contribution < -0.4 is 10.8 Å². The number of hydrogen-bond acceptors (Lipinski definition) is 6. The summed E-state index contributed by atoms with van der Waals surface area (Å²) in [6.07, 6.45) is 1.08. The molecule has 2 amide bonds. The number of imidazole rings is 1. The molecule has 3 aromatic rings. The number of H-pyrrole nitrogens is 1. The van der Waals surface area contributed by atoms with Crippen LogP contribution in [0.15, 0.2) is 42.5 Å². The topological polar surface area (TPSA) is 106 Å². The molecule has 2 saturated heterocycles. The highest BCUT2D eigenvalue weighted by Gasteiger charge is 2.51. The van der Waals surface area contributed by atoms with Crippen molar-refractivity contribution in [3.8, 4) is 11.1 Å². The molecule has 0 spiro atoms. The molecule has 2 N–H and O–H groups in total. The van der Waals surface area contributed by atoms with Gasteiger partial charge in [-0.3, -0.25) is 4.79 Å². The van der Waals surface area contributed by atoms with E-state index in [9.17, 15) is 9.59 Å². The van der Waals surface area contributed by atoms with Crippen LogP contribution in [0.4, 0.5) is 4.79 Å². The van der Waals surface area contributed by atoms with Gasteiger partial charge in [-0.25, -0.2) is 9.78 Å². The quantitative estimate of drug-likeness (QED) is 0.515. The van der Waals surface area contributed by atoms with Crippen molar-refractivity contribution in [3.63, 3.8) is 0 Å². The molecule has 0 bridgehead atoms. The van der Waals surface area contributed by atoms with Crippen LogP contribution in [0.2, 0.25) is 0 Å². The first kappa shape index (κ1) is 25.3. The van der Waals surface area contributed by atoms with E-state index in [4.69, 9.17) is 14.3 Å². The van der Waals surface area contributed by atoms with Crippen LogP contribution in [-0.4, -0.2) is 65.4 Å². The van der Waals surface area contributed by atoms with Gasteiger partial charge in [0, 0.05) is 6.54 Å². The van der Waals surface area contributed by atoms with E-state index >= 15 is 0 Å². The Morgan fingerprint density at radius 3 is 2.46 bits per heavy atom. The van der Waals surface area contributed by atoms with Crippen LogP contribution in [0.5, 0.6) is 0 Å². The number of amides is 2. The Kier molecular flexibility index (Phi) is 6.49.